The van der Waals surface area contributed by atoms with Gasteiger partial charge in [0.25, 0.3) is 0 Å². The van der Waals surface area contributed by atoms with E-state index in [2.05, 4.69) is 0 Å². The van der Waals surface area contributed by atoms with Crippen LogP contribution in [0.4, 0.5) is 0 Å². The minimum absolute atomic E-state index is 0.0401. The fourth-order valence-electron chi connectivity index (χ4n) is 0.639. The summed E-state index contributed by atoms with van der Waals surface area (Å²) in [5, 5.41) is 0.227. The molecular weight excluding hydrogens is 208 g/mol. The second-order valence-corrected chi connectivity index (χ2v) is 3.17. The fraction of sp³-hybridized carbons (Fsp3) is 0.167. The van der Waals surface area contributed by atoms with Crippen molar-refractivity contribution < 1.29 is 0 Å². The summed E-state index contributed by atoms with van der Waals surface area (Å²) in [4.78, 5) is 11.0. The highest BCUT2D eigenvalue weighted by Crippen LogP contribution is 2.18. The number of pyridine rings is 1. The van der Waals surface area contributed by atoms with E-state index in [1.165, 1.54) is 10.8 Å². The zero-order chi connectivity index (χ0) is 8.59. The van der Waals surface area contributed by atoms with Gasteiger partial charge in [-0.05, 0) is 0 Å². The van der Waals surface area contributed by atoms with Crippen LogP contribution in [-0.2, 0) is 7.05 Å². The SMILES string of the molecule is Cn1cc(Cl)c(=O)c(Cl)c1Cl. The van der Waals surface area contributed by atoms with Gasteiger partial charge in [-0.3, -0.25) is 4.79 Å². The van der Waals surface area contributed by atoms with Crippen molar-refractivity contribution >= 4 is 34.8 Å². The highest BCUT2D eigenvalue weighted by atomic mass is 35.5. The van der Waals surface area contributed by atoms with Gasteiger partial charge in [0, 0.05) is 13.2 Å². The van der Waals surface area contributed by atoms with Gasteiger partial charge in [-0.25, -0.2) is 0 Å². The van der Waals surface area contributed by atoms with E-state index < -0.39 is 5.43 Å². The maximum Gasteiger partial charge on any atom is 0.220 e. The molecule has 1 heterocycles. The first-order valence-electron chi connectivity index (χ1n) is 2.74. The van der Waals surface area contributed by atoms with Crippen molar-refractivity contribution in [3.63, 3.8) is 0 Å². The summed E-state index contributed by atoms with van der Waals surface area (Å²) in [5.74, 6) is 0. The molecule has 0 bridgehead atoms. The van der Waals surface area contributed by atoms with E-state index >= 15 is 0 Å². The van der Waals surface area contributed by atoms with Gasteiger partial charge in [-0.1, -0.05) is 34.8 Å². The largest absolute Gasteiger partial charge is 0.339 e. The van der Waals surface area contributed by atoms with Crippen molar-refractivity contribution in [2.45, 2.75) is 0 Å². The molecule has 0 N–H and O–H groups in total. The van der Waals surface area contributed by atoms with Crippen LogP contribution in [0.3, 0.4) is 0 Å². The summed E-state index contributed by atoms with van der Waals surface area (Å²) in [6.07, 6.45) is 1.41. The highest BCUT2D eigenvalue weighted by molar-refractivity contribution is 6.42. The van der Waals surface area contributed by atoms with Gasteiger partial charge in [0.2, 0.25) is 5.43 Å². The zero-order valence-corrected chi connectivity index (χ0v) is 7.83. The van der Waals surface area contributed by atoms with Crippen molar-refractivity contribution in [2.24, 2.45) is 7.05 Å². The molecule has 0 aromatic carbocycles. The Morgan fingerprint density at radius 2 is 1.91 bits per heavy atom. The second kappa shape index (κ2) is 3.05. The van der Waals surface area contributed by atoms with Crippen LogP contribution in [-0.4, -0.2) is 4.57 Å². The van der Waals surface area contributed by atoms with E-state index in [1.54, 1.807) is 7.05 Å². The molecule has 11 heavy (non-hydrogen) atoms. The lowest BCUT2D eigenvalue weighted by molar-refractivity contribution is 0.902. The Bertz CT molecular complexity index is 344. The molecule has 0 fully saturated rings. The van der Waals surface area contributed by atoms with Crippen molar-refractivity contribution in [3.05, 3.63) is 31.6 Å². The van der Waals surface area contributed by atoms with Gasteiger partial charge in [-0.2, -0.15) is 0 Å². The second-order valence-electron chi connectivity index (χ2n) is 2.02. The van der Waals surface area contributed by atoms with E-state index in [9.17, 15) is 4.79 Å². The van der Waals surface area contributed by atoms with Gasteiger partial charge >= 0.3 is 0 Å². The van der Waals surface area contributed by atoms with E-state index in [0.717, 1.165) is 0 Å². The standard InChI is InChI=1S/C6H4Cl3NO/c1-10-2-3(7)5(11)4(8)6(10)9/h2H,1H3. The van der Waals surface area contributed by atoms with Gasteiger partial charge in [0.1, 0.15) is 15.2 Å². The Hall–Kier alpha value is -0.180. The van der Waals surface area contributed by atoms with Crippen LogP contribution in [0.5, 0.6) is 0 Å². The molecule has 5 heteroatoms. The molecule has 2 nitrogen and oxygen atoms in total. The molecule has 60 valence electrons. The highest BCUT2D eigenvalue weighted by Gasteiger charge is 2.07. The molecule has 1 rings (SSSR count). The first-order valence-corrected chi connectivity index (χ1v) is 3.87. The molecule has 0 saturated carbocycles. The third kappa shape index (κ3) is 1.53. The zero-order valence-electron chi connectivity index (χ0n) is 5.57. The van der Waals surface area contributed by atoms with Crippen LogP contribution >= 0.6 is 34.8 Å². The molecule has 0 saturated heterocycles. The minimum atomic E-state index is -0.434. The number of hydrogen-bond acceptors (Lipinski definition) is 1. The predicted octanol–water partition coefficient (Wildman–Crippen LogP) is 2.35. The Morgan fingerprint density at radius 3 is 2.45 bits per heavy atom. The first kappa shape index (κ1) is 8.91. The molecule has 0 atom stereocenters. The lowest BCUT2D eigenvalue weighted by Gasteiger charge is -2.02. The Balaban J connectivity index is 3.59. The van der Waals surface area contributed by atoms with E-state index in [0.29, 0.717) is 0 Å². The van der Waals surface area contributed by atoms with Gasteiger partial charge in [0.15, 0.2) is 0 Å². The van der Waals surface area contributed by atoms with E-state index in [-0.39, 0.29) is 15.2 Å². The quantitative estimate of drug-likeness (QED) is 0.605. The molecule has 0 aliphatic heterocycles. The average molecular weight is 212 g/mol. The van der Waals surface area contributed by atoms with Crippen LogP contribution in [0.15, 0.2) is 11.0 Å². The van der Waals surface area contributed by atoms with Crippen LogP contribution in [0.25, 0.3) is 0 Å². The number of aromatic nitrogens is 1. The number of hydrogen-bond donors (Lipinski definition) is 0. The Kier molecular flexibility index (Phi) is 2.47. The lowest BCUT2D eigenvalue weighted by atomic mass is 10.5. The summed E-state index contributed by atoms with van der Waals surface area (Å²) in [7, 11) is 1.65. The van der Waals surface area contributed by atoms with Crippen molar-refractivity contribution in [3.8, 4) is 0 Å². The Labute approximate surface area is 78.3 Å². The molecule has 1 aromatic rings. The lowest BCUT2D eigenvalue weighted by Crippen LogP contribution is -2.07. The van der Waals surface area contributed by atoms with E-state index in [1.807, 2.05) is 0 Å². The van der Waals surface area contributed by atoms with E-state index in [4.69, 9.17) is 34.8 Å². The van der Waals surface area contributed by atoms with Crippen LogP contribution in [0, 0.1) is 0 Å². The number of nitrogens with zero attached hydrogens (tertiary/aromatic N) is 1. The molecule has 1 aromatic heterocycles. The summed E-state index contributed by atoms with van der Waals surface area (Å²) in [6, 6.07) is 0. The van der Waals surface area contributed by atoms with Crippen molar-refractivity contribution in [1.29, 1.82) is 0 Å². The summed E-state index contributed by atoms with van der Waals surface area (Å²) >= 11 is 16.7. The van der Waals surface area contributed by atoms with Crippen molar-refractivity contribution in [2.75, 3.05) is 0 Å². The summed E-state index contributed by atoms with van der Waals surface area (Å²) in [6.45, 7) is 0. The third-order valence-corrected chi connectivity index (χ3v) is 2.39. The normalized spacial score (nSPS) is 10.2. The topological polar surface area (TPSA) is 22.0 Å². The molecule has 0 aliphatic rings. The van der Waals surface area contributed by atoms with Crippen LogP contribution in [0.2, 0.25) is 15.2 Å². The Morgan fingerprint density at radius 1 is 1.36 bits per heavy atom. The first-order chi connectivity index (χ1) is 5.04. The minimum Gasteiger partial charge on any atom is -0.339 e. The predicted molar refractivity (Wildman–Crippen MR) is 46.7 cm³/mol. The molecule has 0 amide bonds. The monoisotopic (exact) mass is 211 g/mol. The van der Waals surface area contributed by atoms with Gasteiger partial charge in [-0.15, -0.1) is 0 Å². The van der Waals surface area contributed by atoms with Gasteiger partial charge < -0.3 is 4.57 Å². The third-order valence-electron chi connectivity index (χ3n) is 1.21. The number of aryl methyl sites for hydroxylation is 1. The number of rotatable bonds is 0. The molecule has 0 radical (unpaired) electrons. The smallest absolute Gasteiger partial charge is 0.220 e. The maximum atomic E-state index is 11.0. The van der Waals surface area contributed by atoms with Crippen molar-refractivity contribution in [1.82, 2.24) is 4.57 Å². The maximum absolute atomic E-state index is 11.0. The number of halogens is 3. The molecule has 0 aliphatic carbocycles. The van der Waals surface area contributed by atoms with Gasteiger partial charge in [0.05, 0.1) is 0 Å². The van der Waals surface area contributed by atoms with Crippen LogP contribution in [0.1, 0.15) is 0 Å². The fourth-order valence-corrected chi connectivity index (χ4v) is 1.30. The molecular formula is C6H4Cl3NO. The summed E-state index contributed by atoms with van der Waals surface area (Å²) in [5.41, 5.74) is -0.434. The van der Waals surface area contributed by atoms with Crippen LogP contribution < -0.4 is 5.43 Å². The average Bonchev–Trinajstić information content (AvgIpc) is 1.97. The molecule has 0 unspecified atom stereocenters. The summed E-state index contributed by atoms with van der Waals surface area (Å²) < 4.78 is 1.48. The molecule has 0 spiro atoms.